The zero-order valence-electron chi connectivity index (χ0n) is 20.9. The predicted octanol–water partition coefficient (Wildman–Crippen LogP) is 7.70. The zero-order valence-corrected chi connectivity index (χ0v) is 25.0. The van der Waals surface area contributed by atoms with E-state index in [1.165, 1.54) is 44.1 Å². The Morgan fingerprint density at radius 1 is 0.828 bits per heavy atom. The van der Waals surface area contributed by atoms with Gasteiger partial charge in [-0.3, -0.25) is 0 Å². The third-order valence-corrected chi connectivity index (χ3v) is 23.0. The molecule has 0 aliphatic carbocycles. The van der Waals surface area contributed by atoms with Gasteiger partial charge in [0.05, 0.1) is 0 Å². The van der Waals surface area contributed by atoms with Gasteiger partial charge in [-0.25, -0.2) is 0 Å². The topological polar surface area (TPSA) is 9.23 Å². The van der Waals surface area contributed by atoms with E-state index in [2.05, 4.69) is 78.9 Å². The van der Waals surface area contributed by atoms with Gasteiger partial charge in [-0.05, 0) is 0 Å². The third-order valence-electron chi connectivity index (χ3n) is 6.42. The van der Waals surface area contributed by atoms with Crippen molar-refractivity contribution in [1.82, 2.24) is 0 Å². The van der Waals surface area contributed by atoms with Gasteiger partial charge in [0.15, 0.2) is 0 Å². The van der Waals surface area contributed by atoms with Crippen LogP contribution in [-0.2, 0) is 10.8 Å². The summed E-state index contributed by atoms with van der Waals surface area (Å²) in [6.45, 7) is 18.7. The monoisotopic (exact) mass is 526 g/mol. The van der Waals surface area contributed by atoms with Crippen molar-refractivity contribution in [2.45, 2.75) is 119 Å². The molecule has 1 rings (SSSR count). The first-order chi connectivity index (χ1) is 13.7. The molecule has 1 aromatic rings. The Bertz CT molecular complexity index is 525. The fourth-order valence-electron chi connectivity index (χ4n) is 4.45. The van der Waals surface area contributed by atoms with Crippen molar-refractivity contribution in [3.05, 3.63) is 29.8 Å². The second-order valence-corrected chi connectivity index (χ2v) is 26.1. The fraction of sp³-hybridized carbons (Fsp3) is 0.769. The van der Waals surface area contributed by atoms with E-state index < -0.39 is 27.4 Å². The van der Waals surface area contributed by atoms with Crippen molar-refractivity contribution in [2.75, 3.05) is 0 Å². The average Bonchev–Trinajstić information content (AvgIpc) is 2.67. The van der Waals surface area contributed by atoms with Gasteiger partial charge in [-0.1, -0.05) is 0 Å². The normalized spacial score (nSPS) is 13.8. The minimum atomic E-state index is -2.29. The molecule has 0 saturated carbocycles. The number of hydrogen-bond donors (Lipinski definition) is 0. The van der Waals surface area contributed by atoms with Crippen LogP contribution in [0.1, 0.15) is 85.6 Å². The maximum absolute atomic E-state index is 6.43. The summed E-state index contributed by atoms with van der Waals surface area (Å²) < 4.78 is 12.9. The zero-order chi connectivity index (χ0) is 21.9. The van der Waals surface area contributed by atoms with Gasteiger partial charge < -0.3 is 0 Å². The molecule has 1 atom stereocenters. The van der Waals surface area contributed by atoms with Crippen molar-refractivity contribution in [3.8, 4) is 0 Å². The second-order valence-electron chi connectivity index (χ2n) is 10.5. The van der Waals surface area contributed by atoms with Crippen LogP contribution >= 0.6 is 0 Å². The molecule has 1 aromatic carbocycles. The summed E-state index contributed by atoms with van der Waals surface area (Å²) >= 11 is -2.29. The third kappa shape index (κ3) is 9.47. The van der Waals surface area contributed by atoms with E-state index in [4.69, 9.17) is 4.43 Å². The summed E-state index contributed by atoms with van der Waals surface area (Å²) in [5.41, 5.74) is 1.66. The average molecular weight is 525 g/mol. The molecule has 0 heterocycles. The van der Waals surface area contributed by atoms with Crippen LogP contribution in [0.3, 0.4) is 0 Å². The first-order valence-electron chi connectivity index (χ1n) is 12.4. The van der Waals surface area contributed by atoms with Crippen LogP contribution in [0.2, 0.25) is 26.4 Å². The van der Waals surface area contributed by atoms with Gasteiger partial charge in [0.1, 0.15) is 0 Å². The Hall–Kier alpha value is 0.196. The molecule has 3 heteroatoms. The fourth-order valence-corrected chi connectivity index (χ4v) is 21.5. The quantitative estimate of drug-likeness (QED) is 0.226. The molecule has 1 nitrogen and oxygen atoms in total. The van der Waals surface area contributed by atoms with E-state index in [1.807, 2.05) is 0 Å². The van der Waals surface area contributed by atoms with Crippen LogP contribution < -0.4 is 3.58 Å². The second kappa shape index (κ2) is 13.6. The van der Waals surface area contributed by atoms with Crippen LogP contribution in [0.4, 0.5) is 0 Å². The van der Waals surface area contributed by atoms with Crippen molar-refractivity contribution in [1.29, 1.82) is 0 Å². The maximum atomic E-state index is 6.43. The SMILES string of the molecule is CCC[CH2][Sn]([CH2]CCC)([CH2]CCC)[c]1ccc(CC(O[SiH](C)C)C(C)(C)C)cc1. The molecule has 0 N–H and O–H groups in total. The number of unbranched alkanes of at least 4 members (excludes halogenated alkanes) is 3. The van der Waals surface area contributed by atoms with Gasteiger partial charge in [-0.2, -0.15) is 0 Å². The molecule has 1 unspecified atom stereocenters. The van der Waals surface area contributed by atoms with Gasteiger partial charge >= 0.3 is 190 Å². The van der Waals surface area contributed by atoms with Crippen molar-refractivity contribution in [2.24, 2.45) is 5.41 Å². The molecule has 0 aliphatic rings. The van der Waals surface area contributed by atoms with Crippen molar-refractivity contribution >= 4 is 31.0 Å². The summed E-state index contributed by atoms with van der Waals surface area (Å²) in [7, 11) is -1.04. The van der Waals surface area contributed by atoms with Gasteiger partial charge in [0.25, 0.3) is 0 Å². The van der Waals surface area contributed by atoms with Crippen LogP contribution in [-0.4, -0.2) is 33.5 Å². The molecule has 0 spiro atoms. The van der Waals surface area contributed by atoms with Crippen LogP contribution in [0.5, 0.6) is 0 Å². The first-order valence-corrected chi connectivity index (χ1v) is 22.7. The summed E-state index contributed by atoms with van der Waals surface area (Å²) in [6.07, 6.45) is 9.72. The number of hydrogen-bond acceptors (Lipinski definition) is 1. The van der Waals surface area contributed by atoms with E-state index in [0.29, 0.717) is 6.10 Å². The molecule has 0 aliphatic heterocycles. The summed E-state index contributed by atoms with van der Waals surface area (Å²) in [6, 6.07) is 10.0. The van der Waals surface area contributed by atoms with Crippen LogP contribution in [0.15, 0.2) is 24.3 Å². The Kier molecular flexibility index (Phi) is 12.7. The minimum absolute atomic E-state index is 0.197. The summed E-state index contributed by atoms with van der Waals surface area (Å²) in [5, 5.41) is 0. The molecule has 168 valence electrons. The van der Waals surface area contributed by atoms with E-state index >= 15 is 0 Å². The van der Waals surface area contributed by atoms with Gasteiger partial charge in [0.2, 0.25) is 0 Å². The van der Waals surface area contributed by atoms with Crippen molar-refractivity contribution in [3.63, 3.8) is 0 Å². The van der Waals surface area contributed by atoms with E-state index in [9.17, 15) is 0 Å². The molecule has 29 heavy (non-hydrogen) atoms. The molecular weight excluding hydrogens is 475 g/mol. The Morgan fingerprint density at radius 3 is 1.62 bits per heavy atom. The molecule has 0 amide bonds. The standard InChI is InChI=1S/C14H23OSi.3C4H9.Sn/c1-14(2,3)13(15-16(4)5)11-12-9-7-6-8-10-12;3*1-3-4-2;/h7-10,13,16H,11H2,1-5H3;3*1,3-4H2,2H3;. The number of rotatable bonds is 14. The van der Waals surface area contributed by atoms with Gasteiger partial charge in [0, 0.05) is 0 Å². The predicted molar refractivity (Wildman–Crippen MR) is 138 cm³/mol. The van der Waals surface area contributed by atoms with Crippen molar-refractivity contribution < 1.29 is 4.43 Å². The summed E-state index contributed by atoms with van der Waals surface area (Å²) in [5.74, 6) is 0. The Morgan fingerprint density at radius 2 is 1.28 bits per heavy atom. The molecule has 0 fully saturated rings. The van der Waals surface area contributed by atoms with Gasteiger partial charge in [-0.15, -0.1) is 0 Å². The molecule has 0 bridgehead atoms. The number of benzene rings is 1. The summed E-state index contributed by atoms with van der Waals surface area (Å²) in [4.78, 5) is 0. The van der Waals surface area contributed by atoms with E-state index in [1.54, 1.807) is 16.9 Å². The molecule has 0 saturated heterocycles. The molecule has 0 radical (unpaired) electrons. The van der Waals surface area contributed by atoms with E-state index in [0.717, 1.165) is 6.42 Å². The van der Waals surface area contributed by atoms with E-state index in [-0.39, 0.29) is 5.41 Å². The Balaban J connectivity index is 3.09. The molecular formula is C26H50OSiSn. The first kappa shape index (κ1) is 27.2. The van der Waals surface area contributed by atoms with Crippen LogP contribution in [0.25, 0.3) is 0 Å². The van der Waals surface area contributed by atoms with Crippen LogP contribution in [0, 0.1) is 5.41 Å². The Labute approximate surface area is 189 Å². The molecule has 0 aromatic heterocycles.